The van der Waals surface area contributed by atoms with E-state index in [4.69, 9.17) is 23.2 Å². The quantitative estimate of drug-likeness (QED) is 0.491. The largest absolute Gasteiger partial charge is 0.224 e. The number of halogens is 2. The molecule has 0 bridgehead atoms. The summed E-state index contributed by atoms with van der Waals surface area (Å²) in [6.45, 7) is 3.35. The van der Waals surface area contributed by atoms with E-state index in [2.05, 4.69) is 10.2 Å². The van der Waals surface area contributed by atoms with E-state index in [0.717, 1.165) is 5.41 Å². The molecule has 2 atom stereocenters. The molecule has 2 aliphatic rings. The van der Waals surface area contributed by atoms with Gasteiger partial charge in [-0.3, -0.25) is 0 Å². The Morgan fingerprint density at radius 1 is 1.43 bits per heavy atom. The van der Waals surface area contributed by atoms with Gasteiger partial charge in [0.1, 0.15) is 5.25 Å². The maximum atomic E-state index is 11.7. The van der Waals surface area contributed by atoms with Crippen LogP contribution in [0.3, 0.4) is 0 Å². The van der Waals surface area contributed by atoms with Gasteiger partial charge in [0.25, 0.3) is 0 Å². The zero-order valence-corrected chi connectivity index (χ0v) is 9.86. The summed E-state index contributed by atoms with van der Waals surface area (Å²) in [5.41, 5.74) is -0.826. The van der Waals surface area contributed by atoms with Gasteiger partial charge >= 0.3 is 0 Å². The van der Waals surface area contributed by atoms with Crippen molar-refractivity contribution >= 4 is 33.0 Å². The maximum Gasteiger partial charge on any atom is 0.209 e. The fraction of sp³-hybridized carbons (Fsp3) is 0.714. The number of alkyl halides is 1. The van der Waals surface area contributed by atoms with Gasteiger partial charge < -0.3 is 0 Å². The summed E-state index contributed by atoms with van der Waals surface area (Å²) in [6, 6.07) is 0. The monoisotopic (exact) mass is 254 g/mol. The highest BCUT2D eigenvalue weighted by Crippen LogP contribution is 2.52. The molecule has 2 heterocycles. The van der Waals surface area contributed by atoms with Crippen LogP contribution in [0.15, 0.2) is 20.7 Å². The van der Waals surface area contributed by atoms with Gasteiger partial charge in [-0.1, -0.05) is 23.2 Å². The van der Waals surface area contributed by atoms with Crippen molar-refractivity contribution in [3.8, 4) is 0 Å². The molecule has 0 aromatic heterocycles. The first-order chi connectivity index (χ1) is 6.20. The summed E-state index contributed by atoms with van der Waals surface area (Å²) in [4.78, 5) is -1.40. The Balaban J connectivity index is 2.67. The molecule has 2 aliphatic heterocycles. The van der Waals surface area contributed by atoms with Crippen LogP contribution in [0.5, 0.6) is 0 Å². The maximum absolute atomic E-state index is 11.7. The third kappa shape index (κ3) is 1.09. The fourth-order valence-corrected chi connectivity index (χ4v) is 5.31. The zero-order valence-electron chi connectivity index (χ0n) is 7.53. The van der Waals surface area contributed by atoms with Crippen LogP contribution in [0.25, 0.3) is 0 Å². The number of sulfone groups is 1. The van der Waals surface area contributed by atoms with Gasteiger partial charge in [-0.2, -0.15) is 10.2 Å². The molecule has 2 rings (SSSR count). The van der Waals surface area contributed by atoms with Gasteiger partial charge in [0.05, 0.1) is 10.6 Å². The van der Waals surface area contributed by atoms with Crippen molar-refractivity contribution in [3.63, 3.8) is 0 Å². The van der Waals surface area contributed by atoms with E-state index in [9.17, 15) is 8.42 Å². The van der Waals surface area contributed by atoms with Crippen LogP contribution in [-0.2, 0) is 9.84 Å². The lowest BCUT2D eigenvalue weighted by atomic mass is 9.97. The highest BCUT2D eigenvalue weighted by molar-refractivity contribution is 7.95. The Labute approximate surface area is 91.9 Å². The molecule has 0 saturated carbocycles. The number of hydrogen-bond acceptors (Lipinski definition) is 4. The lowest BCUT2D eigenvalue weighted by Crippen LogP contribution is -2.44. The summed E-state index contributed by atoms with van der Waals surface area (Å²) in [7, 11) is -3.45. The van der Waals surface area contributed by atoms with Crippen LogP contribution in [0, 0.1) is 0 Å². The lowest BCUT2D eigenvalue weighted by Gasteiger charge is -2.24. The second kappa shape index (κ2) is 2.51. The minimum atomic E-state index is -3.45. The molecule has 0 N–H and O–H groups in total. The fourth-order valence-electron chi connectivity index (χ4n) is 1.86. The topological polar surface area (TPSA) is 58.9 Å². The second-order valence-corrected chi connectivity index (χ2v) is 6.83. The number of azo groups is 1. The van der Waals surface area contributed by atoms with Crippen LogP contribution in [-0.4, -0.2) is 24.2 Å². The number of hydrogen-bond donors (Lipinski definition) is 0. The number of fused-ring (bicyclic) bond motifs is 1. The van der Waals surface area contributed by atoms with E-state index in [1.165, 1.54) is 0 Å². The molecule has 0 saturated heterocycles. The van der Waals surface area contributed by atoms with Gasteiger partial charge in [-0.05, 0) is 13.8 Å². The van der Waals surface area contributed by atoms with Gasteiger partial charge in [0, 0.05) is 5.41 Å². The molecule has 4 nitrogen and oxygen atoms in total. The Bertz CT molecular complexity index is 454. The molecule has 78 valence electrons. The van der Waals surface area contributed by atoms with E-state index < -0.39 is 25.6 Å². The first kappa shape index (κ1) is 10.4. The van der Waals surface area contributed by atoms with Crippen molar-refractivity contribution in [2.24, 2.45) is 10.2 Å². The highest BCUT2D eigenvalue weighted by atomic mass is 35.5. The molecule has 7 heteroatoms. The second-order valence-electron chi connectivity index (χ2n) is 3.96. The van der Waals surface area contributed by atoms with Crippen LogP contribution < -0.4 is 0 Å². The zero-order chi connectivity index (χ0) is 10.8. The van der Waals surface area contributed by atoms with E-state index in [1.807, 2.05) is 0 Å². The number of rotatable bonds is 0. The van der Waals surface area contributed by atoms with Crippen molar-refractivity contribution in [1.29, 1.82) is 0 Å². The van der Waals surface area contributed by atoms with Crippen LogP contribution >= 0.6 is 23.2 Å². The summed E-state index contributed by atoms with van der Waals surface area (Å²) in [6.07, 6.45) is 0. The normalized spacial score (nSPS) is 42.3. The molecule has 2 unspecified atom stereocenters. The van der Waals surface area contributed by atoms with Crippen molar-refractivity contribution < 1.29 is 8.42 Å². The van der Waals surface area contributed by atoms with Crippen LogP contribution in [0.1, 0.15) is 13.8 Å². The third-order valence-corrected chi connectivity index (χ3v) is 5.76. The molecule has 0 fully saturated rings. The lowest BCUT2D eigenvalue weighted by molar-refractivity contribution is 0.488. The Hall–Kier alpha value is -0.130. The predicted molar refractivity (Wildman–Crippen MR) is 54.2 cm³/mol. The first-order valence-electron chi connectivity index (χ1n) is 3.95. The minimum absolute atomic E-state index is 0.0264. The van der Waals surface area contributed by atoms with Crippen LogP contribution in [0.4, 0.5) is 0 Å². The standard InChI is InChI=1S/C7H8Cl2N2O2S/c1-6(2)5-7(9,11-10-6)4(8)3-14(5,12)13/h3,5H,1-2H3. The smallest absolute Gasteiger partial charge is 0.209 e. The molecule has 0 aromatic rings. The molecule has 0 spiro atoms. The Kier molecular flexibility index (Phi) is 1.86. The van der Waals surface area contributed by atoms with Gasteiger partial charge in [0.2, 0.25) is 5.00 Å². The van der Waals surface area contributed by atoms with E-state index >= 15 is 0 Å². The molecule has 14 heavy (non-hydrogen) atoms. The van der Waals surface area contributed by atoms with Gasteiger partial charge in [0.15, 0.2) is 9.84 Å². The van der Waals surface area contributed by atoms with Crippen molar-refractivity contribution in [3.05, 3.63) is 10.4 Å². The predicted octanol–water partition coefficient (Wildman–Crippen LogP) is 2.04. The Morgan fingerprint density at radius 2 is 2.00 bits per heavy atom. The average Bonchev–Trinajstić information content (AvgIpc) is 2.31. The number of nitrogens with zero attached hydrogens (tertiary/aromatic N) is 2. The molecular weight excluding hydrogens is 247 g/mol. The summed E-state index contributed by atoms with van der Waals surface area (Å²) in [5, 5.41) is 7.74. The molecule has 0 amide bonds. The van der Waals surface area contributed by atoms with E-state index in [-0.39, 0.29) is 5.03 Å². The molecular formula is C7H8Cl2N2O2S. The van der Waals surface area contributed by atoms with Gasteiger partial charge in [-0.25, -0.2) is 8.42 Å². The summed E-state index contributed by atoms with van der Waals surface area (Å²) >= 11 is 11.8. The van der Waals surface area contributed by atoms with Gasteiger partial charge in [-0.15, -0.1) is 0 Å². The SMILES string of the molecule is CC1(C)N=NC2(Cl)C(Cl)=CS(=O)(=O)C12. The molecule has 0 radical (unpaired) electrons. The molecule has 0 aromatic carbocycles. The van der Waals surface area contributed by atoms with Crippen molar-refractivity contribution in [2.75, 3.05) is 0 Å². The summed E-state index contributed by atoms with van der Waals surface area (Å²) < 4.78 is 23.4. The van der Waals surface area contributed by atoms with Crippen molar-refractivity contribution in [1.82, 2.24) is 0 Å². The average molecular weight is 255 g/mol. The van der Waals surface area contributed by atoms with Crippen molar-refractivity contribution in [2.45, 2.75) is 29.6 Å². The highest BCUT2D eigenvalue weighted by Gasteiger charge is 2.63. The minimum Gasteiger partial charge on any atom is -0.224 e. The third-order valence-electron chi connectivity index (χ3n) is 2.37. The van der Waals surface area contributed by atoms with Crippen LogP contribution in [0.2, 0.25) is 0 Å². The Morgan fingerprint density at radius 3 is 2.50 bits per heavy atom. The molecule has 0 aliphatic carbocycles. The summed E-state index contributed by atoms with van der Waals surface area (Å²) in [5.74, 6) is 0. The van der Waals surface area contributed by atoms with E-state index in [1.54, 1.807) is 13.8 Å². The first-order valence-corrected chi connectivity index (χ1v) is 6.31. The van der Waals surface area contributed by atoms with E-state index in [0.29, 0.717) is 0 Å².